The Hall–Kier alpha value is -0.589. The van der Waals surface area contributed by atoms with Gasteiger partial charge in [-0.05, 0) is 121 Å². The summed E-state index contributed by atoms with van der Waals surface area (Å²) in [6.07, 6.45) is 8.64. The first-order valence-electron chi connectivity index (χ1n) is 15.6. The predicted octanol–water partition coefficient (Wildman–Crippen LogP) is 7.79. The van der Waals surface area contributed by atoms with E-state index in [0.29, 0.717) is 30.6 Å². The van der Waals surface area contributed by atoms with E-state index in [1.807, 2.05) is 0 Å². The molecule has 0 heterocycles. The molecule has 0 bridgehead atoms. The number of allylic oxidation sites excluding steroid dienone is 2. The molecule has 0 aromatic heterocycles. The second kappa shape index (κ2) is 10.8. The van der Waals surface area contributed by atoms with Crippen LogP contribution >= 0.6 is 0 Å². The molecule has 0 aliphatic heterocycles. The van der Waals surface area contributed by atoms with Gasteiger partial charge in [-0.3, -0.25) is 4.79 Å². The van der Waals surface area contributed by atoms with Crippen molar-refractivity contribution in [3.63, 3.8) is 0 Å². The maximum absolute atomic E-state index is 14.5. The normalized spacial score (nSPS) is 38.4. The molecule has 3 fully saturated rings. The van der Waals surface area contributed by atoms with Crippen LogP contribution in [-0.2, 0) is 22.9 Å². The second-order valence-corrected chi connectivity index (χ2v) is 29.9. The molecule has 9 heteroatoms. The summed E-state index contributed by atoms with van der Waals surface area (Å²) in [5.74, 6) is 1.34. The lowest BCUT2D eigenvalue weighted by Gasteiger charge is -2.61. The van der Waals surface area contributed by atoms with Crippen LogP contribution < -0.4 is 0 Å². The topological polar surface area (TPSA) is 66.4 Å². The van der Waals surface area contributed by atoms with Crippen LogP contribution in [0.15, 0.2) is 16.8 Å². The highest BCUT2D eigenvalue weighted by Crippen LogP contribution is 2.68. The van der Waals surface area contributed by atoms with Crippen molar-refractivity contribution in [3.05, 3.63) is 11.6 Å². The number of ketones is 1. The second-order valence-electron chi connectivity index (χ2n) is 16.5. The number of carbonyl (C=O) groups excluding carboxylic acids is 1. The predicted molar refractivity (Wildman–Crippen MR) is 171 cm³/mol. The van der Waals surface area contributed by atoms with Gasteiger partial charge >= 0.3 is 0 Å². The van der Waals surface area contributed by atoms with Gasteiger partial charge in [0.25, 0.3) is 0 Å². The van der Waals surface area contributed by atoms with Gasteiger partial charge in [-0.25, -0.2) is 0 Å². The SMILES string of the molecule is CO/N=C1/C=C2CCC3C(C(=O)CC4(C)C3CCC4(O[Si](C)(C)C)C(CO[Si](C)(C)C)O[Si](C)(C)C)C2(C)CC1. The zero-order valence-corrected chi connectivity index (χ0v) is 30.5. The first-order chi connectivity index (χ1) is 18.2. The van der Waals surface area contributed by atoms with Crippen molar-refractivity contribution in [3.8, 4) is 0 Å². The largest absolute Gasteiger partial charge is 0.415 e. The van der Waals surface area contributed by atoms with Crippen LogP contribution in [0.5, 0.6) is 0 Å². The van der Waals surface area contributed by atoms with Gasteiger partial charge in [-0.2, -0.15) is 0 Å². The van der Waals surface area contributed by atoms with Gasteiger partial charge in [-0.15, -0.1) is 0 Å². The molecular weight excluding hydrogens is 551 g/mol. The molecule has 6 nitrogen and oxygen atoms in total. The van der Waals surface area contributed by atoms with E-state index in [-0.39, 0.29) is 22.9 Å². The van der Waals surface area contributed by atoms with Crippen molar-refractivity contribution in [2.24, 2.45) is 33.7 Å². The molecule has 3 saturated carbocycles. The Morgan fingerprint density at radius 2 is 1.62 bits per heavy atom. The van der Waals surface area contributed by atoms with Crippen molar-refractivity contribution >= 4 is 36.4 Å². The third kappa shape index (κ3) is 6.07. The Kier molecular flexibility index (Phi) is 8.76. The van der Waals surface area contributed by atoms with Gasteiger partial charge < -0.3 is 18.1 Å². The molecule has 0 aromatic rings. The maximum atomic E-state index is 14.5. The Labute approximate surface area is 247 Å². The van der Waals surface area contributed by atoms with Crippen molar-refractivity contribution in [1.29, 1.82) is 0 Å². The molecular formula is C31H57NO5Si3. The van der Waals surface area contributed by atoms with E-state index < -0.39 is 30.6 Å². The summed E-state index contributed by atoms with van der Waals surface area (Å²) in [6, 6.07) is 0. The monoisotopic (exact) mass is 607 g/mol. The highest BCUT2D eigenvalue weighted by atomic mass is 28.4. The summed E-state index contributed by atoms with van der Waals surface area (Å²) >= 11 is 0. The lowest BCUT2D eigenvalue weighted by atomic mass is 9.45. The zero-order chi connectivity index (χ0) is 29.9. The standard InChI is InChI=1S/C31H57NO5Si3/c1-29-17-15-23(32-34-3)19-22(29)13-14-24-25-16-18-31(37-40(10,11)12,30(25,2)20-26(33)28(24)29)27(36-39(7,8)9)21-35-38(4,5)6/h19,24-25,27-28H,13-18,20-21H2,1-12H3/b32-23+. The van der Waals surface area contributed by atoms with Crippen molar-refractivity contribution < 1.29 is 22.9 Å². The van der Waals surface area contributed by atoms with E-state index in [0.717, 1.165) is 44.2 Å². The minimum atomic E-state index is -2.01. The van der Waals surface area contributed by atoms with E-state index in [1.54, 1.807) is 7.11 Å². The Morgan fingerprint density at radius 3 is 2.20 bits per heavy atom. The summed E-state index contributed by atoms with van der Waals surface area (Å²) in [4.78, 5) is 19.6. The zero-order valence-electron chi connectivity index (χ0n) is 27.5. The van der Waals surface area contributed by atoms with Gasteiger partial charge in [-0.1, -0.05) is 24.6 Å². The molecule has 0 saturated heterocycles. The van der Waals surface area contributed by atoms with E-state index in [1.165, 1.54) is 5.57 Å². The molecule has 4 aliphatic rings. The third-order valence-corrected chi connectivity index (χ3v) is 13.2. The number of carbonyl (C=O) groups is 1. The fourth-order valence-corrected chi connectivity index (χ4v) is 12.3. The van der Waals surface area contributed by atoms with E-state index in [2.05, 4.69) is 84.0 Å². The summed E-state index contributed by atoms with van der Waals surface area (Å²) in [7, 11) is -4.12. The van der Waals surface area contributed by atoms with Gasteiger partial charge in [0.2, 0.25) is 0 Å². The van der Waals surface area contributed by atoms with E-state index in [9.17, 15) is 4.79 Å². The number of fused-ring (bicyclic) bond motifs is 5. The van der Waals surface area contributed by atoms with Gasteiger partial charge in [0.05, 0.1) is 24.0 Å². The van der Waals surface area contributed by atoms with Crippen LogP contribution in [0.2, 0.25) is 58.9 Å². The fourth-order valence-electron chi connectivity index (χ4n) is 8.93. The number of rotatable bonds is 9. The highest BCUT2D eigenvalue weighted by Gasteiger charge is 2.70. The molecule has 7 unspecified atom stereocenters. The Morgan fingerprint density at radius 1 is 0.950 bits per heavy atom. The summed E-state index contributed by atoms with van der Waals surface area (Å²) < 4.78 is 21.1. The molecule has 228 valence electrons. The first kappa shape index (κ1) is 32.3. The average Bonchev–Trinajstić information content (AvgIpc) is 3.06. The van der Waals surface area contributed by atoms with E-state index >= 15 is 0 Å². The maximum Gasteiger partial charge on any atom is 0.184 e. The minimum Gasteiger partial charge on any atom is -0.415 e. The summed E-state index contributed by atoms with van der Waals surface area (Å²) in [6.45, 7) is 25.8. The number of hydrogen-bond donors (Lipinski definition) is 0. The van der Waals surface area contributed by atoms with Crippen molar-refractivity contribution in [1.82, 2.24) is 0 Å². The molecule has 40 heavy (non-hydrogen) atoms. The highest BCUT2D eigenvalue weighted by molar-refractivity contribution is 6.70. The molecule has 0 spiro atoms. The Bertz CT molecular complexity index is 1040. The number of Topliss-reactive ketones (excluding diaryl/α,β-unsaturated/α-hetero) is 1. The molecule has 4 rings (SSSR count). The van der Waals surface area contributed by atoms with Crippen LogP contribution in [0.3, 0.4) is 0 Å². The molecule has 7 atom stereocenters. The minimum absolute atomic E-state index is 0.0759. The van der Waals surface area contributed by atoms with Crippen LogP contribution in [0.1, 0.15) is 58.8 Å². The summed E-state index contributed by atoms with van der Waals surface area (Å²) in [5, 5.41) is 4.25. The molecule has 0 radical (unpaired) electrons. The molecule has 0 aromatic carbocycles. The van der Waals surface area contributed by atoms with Gasteiger partial charge in [0.1, 0.15) is 12.9 Å². The molecule has 0 amide bonds. The average molecular weight is 608 g/mol. The van der Waals surface area contributed by atoms with Crippen LogP contribution in [0.4, 0.5) is 0 Å². The smallest absolute Gasteiger partial charge is 0.184 e. The van der Waals surface area contributed by atoms with Crippen LogP contribution in [-0.4, -0.2) is 61.9 Å². The van der Waals surface area contributed by atoms with Crippen molar-refractivity contribution in [2.75, 3.05) is 13.7 Å². The van der Waals surface area contributed by atoms with Crippen molar-refractivity contribution in [2.45, 2.75) is 129 Å². The quantitative estimate of drug-likeness (QED) is 0.198. The van der Waals surface area contributed by atoms with E-state index in [4.69, 9.17) is 18.1 Å². The lowest BCUT2D eigenvalue weighted by molar-refractivity contribution is -0.176. The first-order valence-corrected chi connectivity index (χ1v) is 25.8. The van der Waals surface area contributed by atoms with Gasteiger partial charge in [0.15, 0.2) is 25.0 Å². The lowest BCUT2D eigenvalue weighted by Crippen LogP contribution is -2.66. The number of nitrogens with zero attached hydrogens (tertiary/aromatic N) is 1. The van der Waals surface area contributed by atoms with Crippen LogP contribution in [0, 0.1) is 28.6 Å². The third-order valence-electron chi connectivity index (χ3n) is 10.2. The van der Waals surface area contributed by atoms with Crippen LogP contribution in [0.25, 0.3) is 0 Å². The fraction of sp³-hybridized carbons (Fsp3) is 0.871. The van der Waals surface area contributed by atoms with Gasteiger partial charge in [0, 0.05) is 17.8 Å². The Balaban J connectivity index is 1.77. The number of hydrogen-bond acceptors (Lipinski definition) is 6. The number of oxime groups is 1. The summed E-state index contributed by atoms with van der Waals surface area (Å²) in [5.41, 5.74) is 1.55. The molecule has 0 N–H and O–H groups in total. The molecule has 4 aliphatic carbocycles.